The standard InChI is InChI=1S/C20H21F2NO3/c1-10-15(19(25)26-4)18(16-11(21)6-5-7-12(16)22)17-13(23-10)8-20(2,3)9-14(17)24/h5-7,18,23H,8-9H2,1-4H3/t18-/m1/s1. The highest BCUT2D eigenvalue weighted by molar-refractivity contribution is 6.04. The Bertz CT molecular complexity index is 848. The molecule has 0 spiro atoms. The summed E-state index contributed by atoms with van der Waals surface area (Å²) in [5.74, 6) is -3.65. The molecule has 3 rings (SSSR count). The Morgan fingerprint density at radius 1 is 1.23 bits per heavy atom. The van der Waals surface area contributed by atoms with Gasteiger partial charge in [0.05, 0.1) is 18.6 Å². The number of rotatable bonds is 2. The van der Waals surface area contributed by atoms with Crippen molar-refractivity contribution in [3.05, 3.63) is 57.9 Å². The number of halogens is 2. The molecule has 1 heterocycles. The SMILES string of the molecule is COC(=O)C1=C(C)NC2=C(C(=O)CC(C)(C)C2)[C@H]1c1c(F)cccc1F. The number of carbonyl (C=O) groups excluding carboxylic acids is 2. The van der Waals surface area contributed by atoms with E-state index in [2.05, 4.69) is 5.32 Å². The number of allylic oxidation sites excluding steroid dienone is 3. The molecular weight excluding hydrogens is 340 g/mol. The van der Waals surface area contributed by atoms with Gasteiger partial charge in [-0.05, 0) is 30.9 Å². The summed E-state index contributed by atoms with van der Waals surface area (Å²) < 4.78 is 34.0. The fraction of sp³-hybridized carbons (Fsp3) is 0.400. The fourth-order valence-electron chi connectivity index (χ4n) is 3.89. The molecule has 0 saturated carbocycles. The lowest BCUT2D eigenvalue weighted by atomic mass is 9.68. The van der Waals surface area contributed by atoms with E-state index in [0.29, 0.717) is 17.8 Å². The number of Topliss-reactive ketones (excluding diaryl/α,β-unsaturated/α-hetero) is 1. The third-order valence-corrected chi connectivity index (χ3v) is 4.93. The quantitative estimate of drug-likeness (QED) is 0.816. The zero-order chi connectivity index (χ0) is 19.2. The average Bonchev–Trinajstić information content (AvgIpc) is 2.52. The number of methoxy groups -OCH3 is 1. The highest BCUT2D eigenvalue weighted by atomic mass is 19.1. The molecule has 1 N–H and O–H groups in total. The molecule has 4 nitrogen and oxygen atoms in total. The summed E-state index contributed by atoms with van der Waals surface area (Å²) in [6.07, 6.45) is 0.792. The van der Waals surface area contributed by atoms with E-state index in [9.17, 15) is 18.4 Å². The lowest BCUT2D eigenvalue weighted by Crippen LogP contribution is -2.39. The topological polar surface area (TPSA) is 55.4 Å². The van der Waals surface area contributed by atoms with Gasteiger partial charge in [0.25, 0.3) is 0 Å². The average molecular weight is 361 g/mol. The summed E-state index contributed by atoms with van der Waals surface area (Å²) in [6, 6.07) is 3.51. The van der Waals surface area contributed by atoms with Crippen molar-refractivity contribution in [3.8, 4) is 0 Å². The lowest BCUT2D eigenvalue weighted by molar-refractivity contribution is -0.136. The van der Waals surface area contributed by atoms with Crippen LogP contribution < -0.4 is 5.32 Å². The number of dihydropyridines is 1. The molecule has 138 valence electrons. The van der Waals surface area contributed by atoms with Gasteiger partial charge in [0, 0.05) is 29.0 Å². The molecule has 0 saturated heterocycles. The number of esters is 1. The third-order valence-electron chi connectivity index (χ3n) is 4.93. The van der Waals surface area contributed by atoms with Crippen LogP contribution in [0.25, 0.3) is 0 Å². The molecule has 1 aliphatic heterocycles. The van der Waals surface area contributed by atoms with Crippen LogP contribution >= 0.6 is 0 Å². The number of benzene rings is 1. The largest absolute Gasteiger partial charge is 0.466 e. The zero-order valence-electron chi connectivity index (χ0n) is 15.2. The fourth-order valence-corrected chi connectivity index (χ4v) is 3.89. The van der Waals surface area contributed by atoms with Crippen LogP contribution in [-0.2, 0) is 14.3 Å². The van der Waals surface area contributed by atoms with Gasteiger partial charge >= 0.3 is 5.97 Å². The van der Waals surface area contributed by atoms with Crippen molar-refractivity contribution in [2.45, 2.75) is 39.5 Å². The molecule has 0 unspecified atom stereocenters. The zero-order valence-corrected chi connectivity index (χ0v) is 15.2. The van der Waals surface area contributed by atoms with E-state index in [0.717, 1.165) is 12.1 Å². The van der Waals surface area contributed by atoms with E-state index in [4.69, 9.17) is 4.74 Å². The van der Waals surface area contributed by atoms with Gasteiger partial charge < -0.3 is 10.1 Å². The molecule has 0 bridgehead atoms. The van der Waals surface area contributed by atoms with Gasteiger partial charge in [-0.3, -0.25) is 4.79 Å². The minimum Gasteiger partial charge on any atom is -0.466 e. The van der Waals surface area contributed by atoms with Crippen LogP contribution in [0.4, 0.5) is 8.78 Å². The van der Waals surface area contributed by atoms with Crippen molar-refractivity contribution in [2.75, 3.05) is 7.11 Å². The molecule has 1 aromatic carbocycles. The molecule has 6 heteroatoms. The molecule has 0 aromatic heterocycles. The summed E-state index contributed by atoms with van der Waals surface area (Å²) >= 11 is 0. The van der Waals surface area contributed by atoms with Gasteiger partial charge in [-0.25, -0.2) is 13.6 Å². The predicted molar refractivity (Wildman–Crippen MR) is 92.0 cm³/mol. The Morgan fingerprint density at radius 2 is 1.85 bits per heavy atom. The molecule has 1 aromatic rings. The van der Waals surface area contributed by atoms with E-state index in [1.807, 2.05) is 13.8 Å². The minimum atomic E-state index is -1.12. The third kappa shape index (κ3) is 2.93. The lowest BCUT2D eigenvalue weighted by Gasteiger charge is -2.39. The first-order valence-electron chi connectivity index (χ1n) is 8.42. The van der Waals surface area contributed by atoms with Crippen molar-refractivity contribution in [3.63, 3.8) is 0 Å². The van der Waals surface area contributed by atoms with Gasteiger partial charge in [-0.15, -0.1) is 0 Å². The van der Waals surface area contributed by atoms with E-state index in [-0.39, 0.29) is 34.3 Å². The number of carbonyl (C=O) groups is 2. The maximum Gasteiger partial charge on any atom is 0.336 e. The van der Waals surface area contributed by atoms with Gasteiger partial charge in [-0.2, -0.15) is 0 Å². The molecule has 1 aliphatic carbocycles. The van der Waals surface area contributed by atoms with Crippen molar-refractivity contribution >= 4 is 11.8 Å². The summed E-state index contributed by atoms with van der Waals surface area (Å²) in [5.41, 5.74) is 0.791. The van der Waals surface area contributed by atoms with Crippen molar-refractivity contribution in [1.29, 1.82) is 0 Å². The summed E-state index contributed by atoms with van der Waals surface area (Å²) in [6.45, 7) is 5.57. The number of ether oxygens (including phenoxy) is 1. The number of nitrogens with one attached hydrogen (secondary N) is 1. The van der Waals surface area contributed by atoms with Gasteiger partial charge in [0.2, 0.25) is 0 Å². The summed E-state index contributed by atoms with van der Waals surface area (Å²) in [5, 5.41) is 3.10. The highest BCUT2D eigenvalue weighted by Gasteiger charge is 2.44. The second-order valence-electron chi connectivity index (χ2n) is 7.56. The first-order chi connectivity index (χ1) is 12.2. The number of ketones is 1. The van der Waals surface area contributed by atoms with Crippen molar-refractivity contribution in [2.24, 2.45) is 5.41 Å². The summed E-state index contributed by atoms with van der Waals surface area (Å²) in [7, 11) is 1.20. The Labute approximate surface area is 150 Å². The first kappa shape index (κ1) is 18.3. The molecular formula is C20H21F2NO3. The maximum atomic E-state index is 14.6. The van der Waals surface area contributed by atoms with Gasteiger partial charge in [0.1, 0.15) is 11.6 Å². The Morgan fingerprint density at radius 3 is 2.42 bits per heavy atom. The van der Waals surface area contributed by atoms with E-state index < -0.39 is 23.5 Å². The number of hydrogen-bond donors (Lipinski definition) is 1. The normalized spacial score (nSPS) is 22.1. The van der Waals surface area contributed by atoms with E-state index in [1.165, 1.54) is 13.2 Å². The van der Waals surface area contributed by atoms with Crippen LogP contribution in [-0.4, -0.2) is 18.9 Å². The molecule has 1 atom stereocenters. The Hall–Kier alpha value is -2.50. The molecule has 0 fully saturated rings. The van der Waals surface area contributed by atoms with Crippen LogP contribution in [0.1, 0.15) is 45.1 Å². The predicted octanol–water partition coefficient (Wildman–Crippen LogP) is 3.74. The Balaban J connectivity index is 2.29. The molecule has 0 amide bonds. The maximum absolute atomic E-state index is 14.6. The monoisotopic (exact) mass is 361 g/mol. The molecule has 0 radical (unpaired) electrons. The smallest absolute Gasteiger partial charge is 0.336 e. The van der Waals surface area contributed by atoms with Crippen LogP contribution in [0.15, 0.2) is 40.7 Å². The second-order valence-corrected chi connectivity index (χ2v) is 7.56. The van der Waals surface area contributed by atoms with Crippen LogP contribution in [0.2, 0.25) is 0 Å². The van der Waals surface area contributed by atoms with Crippen LogP contribution in [0.5, 0.6) is 0 Å². The van der Waals surface area contributed by atoms with Crippen molar-refractivity contribution in [1.82, 2.24) is 5.32 Å². The van der Waals surface area contributed by atoms with Crippen molar-refractivity contribution < 1.29 is 23.1 Å². The minimum absolute atomic E-state index is 0.0586. The van der Waals surface area contributed by atoms with E-state index >= 15 is 0 Å². The molecule has 26 heavy (non-hydrogen) atoms. The second kappa shape index (κ2) is 6.34. The number of hydrogen-bond acceptors (Lipinski definition) is 4. The molecule has 2 aliphatic rings. The van der Waals surface area contributed by atoms with Crippen LogP contribution in [0.3, 0.4) is 0 Å². The van der Waals surface area contributed by atoms with Gasteiger partial charge in [-0.1, -0.05) is 19.9 Å². The van der Waals surface area contributed by atoms with E-state index in [1.54, 1.807) is 6.92 Å². The summed E-state index contributed by atoms with van der Waals surface area (Å²) in [4.78, 5) is 25.3. The highest BCUT2D eigenvalue weighted by Crippen LogP contribution is 2.47. The van der Waals surface area contributed by atoms with Gasteiger partial charge in [0.15, 0.2) is 5.78 Å². The van der Waals surface area contributed by atoms with Crippen LogP contribution in [0, 0.1) is 17.0 Å². The Kier molecular flexibility index (Phi) is 4.46. The first-order valence-corrected chi connectivity index (χ1v) is 8.42.